The van der Waals surface area contributed by atoms with Gasteiger partial charge in [-0.25, -0.2) is 0 Å². The Balaban J connectivity index is 1.55. The van der Waals surface area contributed by atoms with Crippen molar-refractivity contribution in [2.75, 3.05) is 12.4 Å². The van der Waals surface area contributed by atoms with Gasteiger partial charge in [0.15, 0.2) is 5.11 Å². The molecule has 2 amide bonds. The molecule has 1 aliphatic rings. The van der Waals surface area contributed by atoms with Crippen LogP contribution in [0.2, 0.25) is 0 Å². The highest BCUT2D eigenvalue weighted by Gasteiger charge is 2.43. The maximum Gasteiger partial charge on any atom is 0.252 e. The first kappa shape index (κ1) is 22.5. The van der Waals surface area contributed by atoms with E-state index in [0.29, 0.717) is 23.9 Å². The number of hydrogen-bond acceptors (Lipinski definition) is 4. The Labute approximate surface area is 198 Å². The summed E-state index contributed by atoms with van der Waals surface area (Å²) in [6.45, 7) is 0.789. The van der Waals surface area contributed by atoms with Crippen molar-refractivity contribution >= 4 is 34.8 Å². The third-order valence-corrected chi connectivity index (χ3v) is 5.99. The van der Waals surface area contributed by atoms with Crippen LogP contribution in [0.1, 0.15) is 17.5 Å². The molecule has 0 aromatic heterocycles. The summed E-state index contributed by atoms with van der Waals surface area (Å²) in [7, 11) is 1.62. The summed E-state index contributed by atoms with van der Waals surface area (Å²) in [6, 6.07) is 25.9. The Morgan fingerprint density at radius 1 is 0.909 bits per heavy atom. The van der Waals surface area contributed by atoms with Crippen molar-refractivity contribution in [1.29, 1.82) is 0 Å². The van der Waals surface area contributed by atoms with E-state index in [1.807, 2.05) is 89.8 Å². The van der Waals surface area contributed by atoms with Crippen molar-refractivity contribution in [2.45, 2.75) is 25.6 Å². The van der Waals surface area contributed by atoms with Crippen LogP contribution >= 0.6 is 12.2 Å². The molecule has 3 aromatic rings. The van der Waals surface area contributed by atoms with Crippen LogP contribution in [0.4, 0.5) is 5.69 Å². The largest absolute Gasteiger partial charge is 0.497 e. The SMILES string of the molecule is COc1ccc(CN2C(=S)N(Cc3ccccc3)C(=O)C2CC(=O)Nc2ccccc2)cc1. The van der Waals surface area contributed by atoms with Gasteiger partial charge in [-0.05, 0) is 47.6 Å². The summed E-state index contributed by atoms with van der Waals surface area (Å²) in [5.41, 5.74) is 2.64. The fourth-order valence-corrected chi connectivity index (χ4v) is 4.17. The van der Waals surface area contributed by atoms with Crippen LogP contribution in [0.15, 0.2) is 84.9 Å². The van der Waals surface area contributed by atoms with E-state index in [-0.39, 0.29) is 18.2 Å². The first-order valence-electron chi connectivity index (χ1n) is 10.7. The molecule has 1 aliphatic heterocycles. The van der Waals surface area contributed by atoms with Crippen LogP contribution in [0.5, 0.6) is 5.75 Å². The lowest BCUT2D eigenvalue weighted by atomic mass is 10.1. The molecule has 1 saturated heterocycles. The highest BCUT2D eigenvalue weighted by molar-refractivity contribution is 7.80. The maximum absolute atomic E-state index is 13.4. The van der Waals surface area contributed by atoms with Gasteiger partial charge in [-0.15, -0.1) is 0 Å². The molecular weight excluding hydrogens is 434 g/mol. The highest BCUT2D eigenvalue weighted by Crippen LogP contribution is 2.26. The monoisotopic (exact) mass is 459 g/mol. The summed E-state index contributed by atoms with van der Waals surface area (Å²) in [6.07, 6.45) is 0.00924. The molecule has 1 unspecified atom stereocenters. The Morgan fingerprint density at radius 3 is 2.15 bits per heavy atom. The number of thiocarbonyl (C=S) groups is 1. The molecule has 1 heterocycles. The number of hydrogen-bond donors (Lipinski definition) is 1. The van der Waals surface area contributed by atoms with Gasteiger partial charge in [-0.2, -0.15) is 0 Å². The van der Waals surface area contributed by atoms with E-state index in [1.165, 1.54) is 0 Å². The van der Waals surface area contributed by atoms with Crippen LogP contribution in [0.3, 0.4) is 0 Å². The molecule has 6 nitrogen and oxygen atoms in total. The minimum absolute atomic E-state index is 0.00924. The molecule has 3 aromatic carbocycles. The van der Waals surface area contributed by atoms with E-state index >= 15 is 0 Å². The van der Waals surface area contributed by atoms with E-state index in [1.54, 1.807) is 12.0 Å². The molecule has 168 valence electrons. The van der Waals surface area contributed by atoms with E-state index in [4.69, 9.17) is 17.0 Å². The van der Waals surface area contributed by atoms with Crippen molar-refractivity contribution in [3.63, 3.8) is 0 Å². The van der Waals surface area contributed by atoms with Crippen LogP contribution < -0.4 is 10.1 Å². The Morgan fingerprint density at radius 2 is 1.52 bits per heavy atom. The molecule has 7 heteroatoms. The summed E-state index contributed by atoms with van der Waals surface area (Å²) >= 11 is 5.72. The second-order valence-corrected chi connectivity index (χ2v) is 8.17. The number of nitrogens with one attached hydrogen (secondary N) is 1. The molecule has 0 bridgehead atoms. The molecule has 1 fully saturated rings. The Hall–Kier alpha value is -3.71. The molecule has 0 radical (unpaired) electrons. The van der Waals surface area contributed by atoms with Crippen LogP contribution in [0.25, 0.3) is 0 Å². The zero-order valence-electron chi connectivity index (χ0n) is 18.3. The van der Waals surface area contributed by atoms with Crippen molar-refractivity contribution in [3.8, 4) is 5.75 Å². The Bertz CT molecular complexity index is 1120. The summed E-state index contributed by atoms with van der Waals surface area (Å²) in [5, 5.41) is 3.30. The van der Waals surface area contributed by atoms with Crippen LogP contribution in [-0.4, -0.2) is 39.9 Å². The number of carbonyl (C=O) groups is 2. The summed E-state index contributed by atoms with van der Waals surface area (Å²) < 4.78 is 5.24. The smallest absolute Gasteiger partial charge is 0.252 e. The average molecular weight is 460 g/mol. The fourth-order valence-electron chi connectivity index (χ4n) is 3.82. The molecule has 1 N–H and O–H groups in total. The zero-order valence-corrected chi connectivity index (χ0v) is 19.1. The quantitative estimate of drug-likeness (QED) is 0.511. The number of carbonyl (C=O) groups excluding carboxylic acids is 2. The van der Waals surface area contributed by atoms with E-state index in [0.717, 1.165) is 16.9 Å². The number of nitrogens with zero attached hydrogens (tertiary/aromatic N) is 2. The number of methoxy groups -OCH3 is 1. The average Bonchev–Trinajstić information content (AvgIpc) is 3.05. The van der Waals surface area contributed by atoms with Crippen LogP contribution in [0, 0.1) is 0 Å². The second-order valence-electron chi connectivity index (χ2n) is 7.80. The second kappa shape index (κ2) is 10.3. The minimum atomic E-state index is -0.674. The van der Waals surface area contributed by atoms with Gasteiger partial charge in [-0.3, -0.25) is 14.5 Å². The molecular formula is C26H25N3O3S. The predicted octanol–water partition coefficient (Wildman–Crippen LogP) is 4.22. The molecule has 0 aliphatic carbocycles. The van der Waals surface area contributed by atoms with Gasteiger partial charge < -0.3 is 15.0 Å². The maximum atomic E-state index is 13.4. The number of benzene rings is 3. The lowest BCUT2D eigenvalue weighted by Crippen LogP contribution is -2.37. The lowest BCUT2D eigenvalue weighted by molar-refractivity contribution is -0.131. The van der Waals surface area contributed by atoms with Gasteiger partial charge in [0.25, 0.3) is 5.91 Å². The number of para-hydroxylation sites is 1. The van der Waals surface area contributed by atoms with Crippen LogP contribution in [-0.2, 0) is 22.7 Å². The number of ether oxygens (including phenoxy) is 1. The number of anilines is 1. The van der Waals surface area contributed by atoms with Crippen molar-refractivity contribution in [2.24, 2.45) is 0 Å². The van der Waals surface area contributed by atoms with E-state index in [2.05, 4.69) is 5.32 Å². The topological polar surface area (TPSA) is 61.9 Å². The molecule has 0 saturated carbocycles. The van der Waals surface area contributed by atoms with Crippen molar-refractivity contribution in [1.82, 2.24) is 9.80 Å². The molecule has 1 atom stereocenters. The fraction of sp³-hybridized carbons (Fsp3) is 0.192. The number of rotatable bonds is 8. The van der Waals surface area contributed by atoms with Gasteiger partial charge in [-0.1, -0.05) is 60.7 Å². The Kier molecular flexibility index (Phi) is 7.00. The standard InChI is InChI=1S/C26H25N3O3S/c1-32-22-14-12-20(13-15-22)17-28-23(16-24(30)27-21-10-6-3-7-11-21)25(31)29(26(28)33)18-19-8-4-2-5-9-19/h2-15,23H,16-18H2,1H3,(H,27,30). The first-order chi connectivity index (χ1) is 16.0. The van der Waals surface area contributed by atoms with Crippen molar-refractivity contribution < 1.29 is 14.3 Å². The van der Waals surface area contributed by atoms with E-state index < -0.39 is 6.04 Å². The minimum Gasteiger partial charge on any atom is -0.497 e. The summed E-state index contributed by atoms with van der Waals surface area (Å²) in [5.74, 6) is 0.354. The zero-order chi connectivity index (χ0) is 23.2. The van der Waals surface area contributed by atoms with E-state index in [9.17, 15) is 9.59 Å². The van der Waals surface area contributed by atoms with Gasteiger partial charge in [0.1, 0.15) is 11.8 Å². The summed E-state index contributed by atoms with van der Waals surface area (Å²) in [4.78, 5) is 29.6. The molecule has 4 rings (SSSR count). The molecule has 33 heavy (non-hydrogen) atoms. The predicted molar refractivity (Wildman–Crippen MR) is 132 cm³/mol. The van der Waals surface area contributed by atoms with Gasteiger partial charge in [0.2, 0.25) is 5.91 Å². The normalized spacial score (nSPS) is 15.6. The van der Waals surface area contributed by atoms with Gasteiger partial charge in [0, 0.05) is 12.2 Å². The van der Waals surface area contributed by atoms with Gasteiger partial charge in [0.05, 0.1) is 20.1 Å². The third kappa shape index (κ3) is 5.38. The van der Waals surface area contributed by atoms with Crippen molar-refractivity contribution in [3.05, 3.63) is 96.1 Å². The van der Waals surface area contributed by atoms with Gasteiger partial charge >= 0.3 is 0 Å². The molecule has 0 spiro atoms. The number of amides is 2. The third-order valence-electron chi connectivity index (χ3n) is 5.54. The lowest BCUT2D eigenvalue weighted by Gasteiger charge is -2.24. The first-order valence-corrected chi connectivity index (χ1v) is 11.1. The highest BCUT2D eigenvalue weighted by atomic mass is 32.1.